The molecule has 3 aliphatic rings. The van der Waals surface area contributed by atoms with E-state index < -0.39 is 12.1 Å². The number of carbonyl (C=O) groups excluding carboxylic acids is 1. The van der Waals surface area contributed by atoms with Crippen LogP contribution < -0.4 is 5.32 Å². The smallest absolute Gasteiger partial charge is 0.475 e. The summed E-state index contributed by atoms with van der Waals surface area (Å²) < 4.78 is 31.7. The molecular formula is C13H19F3N2O3. The van der Waals surface area contributed by atoms with Gasteiger partial charge in [0.2, 0.25) is 5.91 Å². The lowest BCUT2D eigenvalue weighted by Crippen LogP contribution is -2.64. The molecule has 0 aromatic carbocycles. The molecule has 5 nitrogen and oxygen atoms in total. The van der Waals surface area contributed by atoms with E-state index in [1.165, 1.54) is 12.8 Å². The quantitative estimate of drug-likeness (QED) is 0.753. The number of carbonyl (C=O) groups is 2. The van der Waals surface area contributed by atoms with Gasteiger partial charge in [0, 0.05) is 13.1 Å². The minimum Gasteiger partial charge on any atom is -0.475 e. The maximum absolute atomic E-state index is 12.0. The Balaban J connectivity index is 0.000000199. The third-order valence-electron chi connectivity index (χ3n) is 4.21. The van der Waals surface area contributed by atoms with Crippen molar-refractivity contribution in [2.24, 2.45) is 11.3 Å². The van der Waals surface area contributed by atoms with E-state index >= 15 is 0 Å². The summed E-state index contributed by atoms with van der Waals surface area (Å²) in [6, 6.07) is 0. The summed E-state index contributed by atoms with van der Waals surface area (Å²) >= 11 is 0. The first-order chi connectivity index (χ1) is 9.74. The Morgan fingerprint density at radius 3 is 2.24 bits per heavy atom. The largest absolute Gasteiger partial charge is 0.490 e. The zero-order valence-corrected chi connectivity index (χ0v) is 11.6. The second kappa shape index (κ2) is 5.82. The van der Waals surface area contributed by atoms with Gasteiger partial charge < -0.3 is 15.3 Å². The molecule has 3 rings (SSSR count). The molecule has 2 saturated heterocycles. The van der Waals surface area contributed by atoms with E-state index in [1.807, 2.05) is 0 Å². The van der Waals surface area contributed by atoms with Gasteiger partial charge in [-0.05, 0) is 44.7 Å². The van der Waals surface area contributed by atoms with Crippen molar-refractivity contribution in [2.75, 3.05) is 26.2 Å². The van der Waals surface area contributed by atoms with E-state index in [9.17, 15) is 18.0 Å². The molecule has 0 atom stereocenters. The predicted molar refractivity (Wildman–Crippen MR) is 67.5 cm³/mol. The number of likely N-dealkylation sites (tertiary alicyclic amines) is 1. The molecule has 1 amide bonds. The molecule has 8 heteroatoms. The van der Waals surface area contributed by atoms with Crippen molar-refractivity contribution in [2.45, 2.75) is 31.9 Å². The summed E-state index contributed by atoms with van der Waals surface area (Å²) in [5.74, 6) is -1.46. The Kier molecular flexibility index (Phi) is 4.46. The van der Waals surface area contributed by atoms with E-state index in [1.54, 1.807) is 0 Å². The van der Waals surface area contributed by atoms with Crippen LogP contribution in [0.25, 0.3) is 0 Å². The Morgan fingerprint density at radius 2 is 1.86 bits per heavy atom. The number of alkyl halides is 3. The molecule has 0 aromatic rings. The number of hydrogen-bond acceptors (Lipinski definition) is 3. The van der Waals surface area contributed by atoms with Crippen LogP contribution in [-0.2, 0) is 9.59 Å². The highest BCUT2D eigenvalue weighted by Crippen LogP contribution is 2.42. The van der Waals surface area contributed by atoms with E-state index in [0.717, 1.165) is 44.9 Å². The maximum Gasteiger partial charge on any atom is 0.490 e. The molecule has 0 aromatic heterocycles. The first kappa shape index (κ1) is 16.1. The van der Waals surface area contributed by atoms with Gasteiger partial charge in [-0.3, -0.25) is 4.79 Å². The first-order valence-electron chi connectivity index (χ1n) is 7.05. The van der Waals surface area contributed by atoms with Crippen LogP contribution in [0.3, 0.4) is 0 Å². The number of aliphatic carboxylic acids is 1. The summed E-state index contributed by atoms with van der Waals surface area (Å²) in [5, 5.41) is 10.5. The number of hydrogen-bond donors (Lipinski definition) is 2. The number of nitrogens with zero attached hydrogens (tertiary/aromatic N) is 1. The second-order valence-corrected chi connectivity index (χ2v) is 5.96. The Bertz CT molecular complexity index is 415. The monoisotopic (exact) mass is 308 g/mol. The van der Waals surface area contributed by atoms with Crippen LogP contribution in [0.4, 0.5) is 13.2 Å². The van der Waals surface area contributed by atoms with Gasteiger partial charge in [0.25, 0.3) is 0 Å². The number of carboxylic acid groups (broad SMARTS) is 1. The lowest BCUT2D eigenvalue weighted by atomic mass is 9.71. The SMILES string of the molecule is O=C(O)C(F)(F)F.O=C1N(CC2CC2)CC12CCNCC2. The van der Waals surface area contributed by atoms with E-state index in [4.69, 9.17) is 9.90 Å². The number of piperidine rings is 1. The normalized spacial score (nSPS) is 24.1. The van der Waals surface area contributed by atoms with Crippen molar-refractivity contribution in [3.8, 4) is 0 Å². The highest BCUT2D eigenvalue weighted by Gasteiger charge is 2.52. The van der Waals surface area contributed by atoms with Gasteiger partial charge >= 0.3 is 12.1 Å². The molecule has 1 aliphatic carbocycles. The Morgan fingerprint density at radius 1 is 1.33 bits per heavy atom. The molecule has 2 heterocycles. The number of amides is 1. The van der Waals surface area contributed by atoms with Gasteiger partial charge in [-0.15, -0.1) is 0 Å². The van der Waals surface area contributed by atoms with Crippen LogP contribution in [0.1, 0.15) is 25.7 Å². The summed E-state index contributed by atoms with van der Waals surface area (Å²) in [6.07, 6.45) is -0.267. The molecule has 1 spiro atoms. The molecule has 3 fully saturated rings. The van der Waals surface area contributed by atoms with E-state index in [0.29, 0.717) is 5.91 Å². The second-order valence-electron chi connectivity index (χ2n) is 5.96. The van der Waals surface area contributed by atoms with Crippen molar-refractivity contribution in [1.29, 1.82) is 0 Å². The first-order valence-corrected chi connectivity index (χ1v) is 7.05. The molecule has 21 heavy (non-hydrogen) atoms. The maximum atomic E-state index is 12.0. The van der Waals surface area contributed by atoms with Crippen molar-refractivity contribution in [3.63, 3.8) is 0 Å². The van der Waals surface area contributed by atoms with Crippen molar-refractivity contribution < 1.29 is 27.9 Å². The molecule has 0 radical (unpaired) electrons. The fraction of sp³-hybridized carbons (Fsp3) is 0.846. The predicted octanol–water partition coefficient (Wildman–Crippen LogP) is 1.24. The average Bonchev–Trinajstić information content (AvgIpc) is 3.23. The fourth-order valence-electron chi connectivity index (χ4n) is 2.79. The molecule has 120 valence electrons. The summed E-state index contributed by atoms with van der Waals surface area (Å²) in [4.78, 5) is 23.0. The lowest BCUT2D eigenvalue weighted by Gasteiger charge is -2.51. The van der Waals surface area contributed by atoms with Crippen LogP contribution >= 0.6 is 0 Å². The van der Waals surface area contributed by atoms with Gasteiger partial charge in [0.05, 0.1) is 5.41 Å². The molecular weight excluding hydrogens is 289 g/mol. The minimum absolute atomic E-state index is 0.0696. The number of rotatable bonds is 2. The summed E-state index contributed by atoms with van der Waals surface area (Å²) in [5.41, 5.74) is 0.0696. The van der Waals surface area contributed by atoms with Gasteiger partial charge in [-0.1, -0.05) is 0 Å². The number of nitrogens with one attached hydrogen (secondary N) is 1. The highest BCUT2D eigenvalue weighted by atomic mass is 19.4. The van der Waals surface area contributed by atoms with Crippen LogP contribution in [0.2, 0.25) is 0 Å². The molecule has 0 unspecified atom stereocenters. The number of β-lactam (4-membered cyclic amide) rings is 1. The third kappa shape index (κ3) is 3.87. The van der Waals surface area contributed by atoms with Gasteiger partial charge in [0.1, 0.15) is 0 Å². The Labute approximate surface area is 120 Å². The highest BCUT2D eigenvalue weighted by molar-refractivity contribution is 5.89. The Hall–Kier alpha value is -1.31. The van der Waals surface area contributed by atoms with Gasteiger partial charge in [0.15, 0.2) is 0 Å². The van der Waals surface area contributed by atoms with Crippen LogP contribution in [0.15, 0.2) is 0 Å². The molecule has 2 N–H and O–H groups in total. The molecule has 1 saturated carbocycles. The van der Waals surface area contributed by atoms with Crippen LogP contribution in [0.5, 0.6) is 0 Å². The zero-order valence-electron chi connectivity index (χ0n) is 11.6. The van der Waals surface area contributed by atoms with E-state index in [-0.39, 0.29) is 5.41 Å². The minimum atomic E-state index is -5.08. The van der Waals surface area contributed by atoms with Crippen LogP contribution in [-0.4, -0.2) is 54.2 Å². The van der Waals surface area contributed by atoms with Crippen molar-refractivity contribution in [3.05, 3.63) is 0 Å². The number of halogens is 3. The van der Waals surface area contributed by atoms with Crippen LogP contribution in [0, 0.1) is 11.3 Å². The molecule has 0 bridgehead atoms. The third-order valence-corrected chi connectivity index (χ3v) is 4.21. The van der Waals surface area contributed by atoms with E-state index in [2.05, 4.69) is 10.2 Å². The molecule has 2 aliphatic heterocycles. The number of carboxylic acids is 1. The summed E-state index contributed by atoms with van der Waals surface area (Å²) in [7, 11) is 0. The summed E-state index contributed by atoms with van der Waals surface area (Å²) in [6.45, 7) is 4.16. The fourth-order valence-corrected chi connectivity index (χ4v) is 2.79. The zero-order chi connectivity index (χ0) is 15.7. The lowest BCUT2D eigenvalue weighted by molar-refractivity contribution is -0.192. The topological polar surface area (TPSA) is 69.6 Å². The standard InChI is InChI=1S/C11H18N2O.C2HF3O2/c14-10-11(3-5-12-6-4-11)8-13(10)7-9-1-2-9;3-2(4,5)1(6)7/h9,12H,1-8H2;(H,6,7). The van der Waals surface area contributed by atoms with Crippen molar-refractivity contribution in [1.82, 2.24) is 10.2 Å². The van der Waals surface area contributed by atoms with Crippen molar-refractivity contribution >= 4 is 11.9 Å². The van der Waals surface area contributed by atoms with Gasteiger partial charge in [-0.25, -0.2) is 4.79 Å². The van der Waals surface area contributed by atoms with Gasteiger partial charge in [-0.2, -0.15) is 13.2 Å². The average molecular weight is 308 g/mol.